The predicted molar refractivity (Wildman–Crippen MR) is 59.6 cm³/mol. The summed E-state index contributed by atoms with van der Waals surface area (Å²) in [6, 6.07) is 4.12. The average Bonchev–Trinajstić information content (AvgIpc) is 2.62. The third kappa shape index (κ3) is 1.85. The van der Waals surface area contributed by atoms with Crippen LogP contribution < -0.4 is 5.73 Å². The molecule has 1 atom stereocenters. The zero-order valence-corrected chi connectivity index (χ0v) is 9.14. The molecule has 0 aliphatic carbocycles. The average molecular weight is 204 g/mol. The van der Waals surface area contributed by atoms with Gasteiger partial charge in [-0.25, -0.2) is 0 Å². The van der Waals surface area contributed by atoms with E-state index in [1.807, 2.05) is 23.6 Å². The van der Waals surface area contributed by atoms with Gasteiger partial charge in [-0.1, -0.05) is 13.0 Å². The Balaban J connectivity index is 2.43. The quantitative estimate of drug-likeness (QED) is 0.816. The van der Waals surface area contributed by atoms with Gasteiger partial charge in [-0.05, 0) is 37.4 Å². The molecule has 0 radical (unpaired) electrons. The molecule has 0 spiro atoms. The van der Waals surface area contributed by atoms with Crippen molar-refractivity contribution in [2.24, 2.45) is 11.7 Å². The maximum atomic E-state index is 5.63. The summed E-state index contributed by atoms with van der Waals surface area (Å²) in [6.07, 6.45) is 2.94. The van der Waals surface area contributed by atoms with Gasteiger partial charge in [0.25, 0.3) is 0 Å². The minimum Gasteiger partial charge on any atom is -0.330 e. The van der Waals surface area contributed by atoms with Crippen molar-refractivity contribution in [1.29, 1.82) is 0 Å². The van der Waals surface area contributed by atoms with Crippen LogP contribution in [0, 0.1) is 12.8 Å². The highest BCUT2D eigenvalue weighted by molar-refractivity contribution is 5.47. The van der Waals surface area contributed by atoms with Crippen LogP contribution in [0.3, 0.4) is 0 Å². The van der Waals surface area contributed by atoms with Crippen LogP contribution in [0.5, 0.6) is 0 Å². The van der Waals surface area contributed by atoms with Crippen LogP contribution in [0.2, 0.25) is 0 Å². The van der Waals surface area contributed by atoms with Crippen molar-refractivity contribution < 1.29 is 0 Å². The van der Waals surface area contributed by atoms with Crippen LogP contribution in [-0.2, 0) is 6.42 Å². The molecule has 2 N–H and O–H groups in total. The number of nitrogens with zero attached hydrogens (tertiary/aromatic N) is 3. The summed E-state index contributed by atoms with van der Waals surface area (Å²) in [5.41, 5.74) is 7.80. The molecule has 4 heteroatoms. The van der Waals surface area contributed by atoms with Gasteiger partial charge >= 0.3 is 0 Å². The maximum Gasteiger partial charge on any atom is 0.163 e. The van der Waals surface area contributed by atoms with Crippen LogP contribution >= 0.6 is 0 Å². The van der Waals surface area contributed by atoms with Crippen molar-refractivity contribution >= 4 is 5.65 Å². The Morgan fingerprint density at radius 2 is 2.27 bits per heavy atom. The second kappa shape index (κ2) is 3.98. The highest BCUT2D eigenvalue weighted by Crippen LogP contribution is 2.13. The van der Waals surface area contributed by atoms with Gasteiger partial charge in [0.2, 0.25) is 0 Å². The fourth-order valence-electron chi connectivity index (χ4n) is 1.70. The van der Waals surface area contributed by atoms with Crippen LogP contribution in [0.15, 0.2) is 18.3 Å². The molecular weight excluding hydrogens is 188 g/mol. The van der Waals surface area contributed by atoms with Crippen molar-refractivity contribution in [2.45, 2.75) is 20.3 Å². The lowest BCUT2D eigenvalue weighted by Crippen LogP contribution is -2.13. The number of aryl methyl sites for hydroxylation is 1. The third-order valence-corrected chi connectivity index (χ3v) is 2.66. The molecule has 0 bridgehead atoms. The smallest absolute Gasteiger partial charge is 0.163 e. The SMILES string of the molecule is Cc1nnc2c(CC(C)CN)cccn12. The lowest BCUT2D eigenvalue weighted by molar-refractivity contribution is 0.593. The number of hydrogen-bond donors (Lipinski definition) is 1. The molecule has 0 fully saturated rings. The molecule has 0 aliphatic rings. The number of nitrogens with two attached hydrogens (primary N) is 1. The number of hydrogen-bond acceptors (Lipinski definition) is 3. The van der Waals surface area contributed by atoms with Gasteiger partial charge in [0.15, 0.2) is 5.65 Å². The molecule has 0 saturated carbocycles. The molecule has 2 rings (SSSR count). The topological polar surface area (TPSA) is 56.2 Å². The predicted octanol–water partition coefficient (Wildman–Crippen LogP) is 1.18. The fraction of sp³-hybridized carbons (Fsp3) is 0.455. The minimum atomic E-state index is 0.480. The van der Waals surface area contributed by atoms with E-state index in [2.05, 4.69) is 23.2 Å². The Kier molecular flexibility index (Phi) is 2.68. The molecule has 0 saturated heterocycles. The van der Waals surface area contributed by atoms with Crippen LogP contribution in [0.25, 0.3) is 5.65 Å². The van der Waals surface area contributed by atoms with E-state index in [1.54, 1.807) is 0 Å². The van der Waals surface area contributed by atoms with Gasteiger partial charge in [-0.15, -0.1) is 10.2 Å². The molecule has 80 valence electrons. The van der Waals surface area contributed by atoms with Gasteiger partial charge in [0.05, 0.1) is 0 Å². The van der Waals surface area contributed by atoms with Crippen LogP contribution in [0.1, 0.15) is 18.3 Å². The van der Waals surface area contributed by atoms with Gasteiger partial charge in [-0.3, -0.25) is 4.40 Å². The second-order valence-electron chi connectivity index (χ2n) is 4.02. The molecule has 2 heterocycles. The van der Waals surface area contributed by atoms with E-state index in [4.69, 9.17) is 5.73 Å². The Morgan fingerprint density at radius 3 is 3.00 bits per heavy atom. The Hall–Kier alpha value is -1.42. The van der Waals surface area contributed by atoms with E-state index in [-0.39, 0.29) is 0 Å². The van der Waals surface area contributed by atoms with E-state index >= 15 is 0 Å². The summed E-state index contributed by atoms with van der Waals surface area (Å²) in [7, 11) is 0. The molecule has 4 nitrogen and oxygen atoms in total. The summed E-state index contributed by atoms with van der Waals surface area (Å²) < 4.78 is 2.01. The van der Waals surface area contributed by atoms with Gasteiger partial charge in [0.1, 0.15) is 5.82 Å². The first-order valence-corrected chi connectivity index (χ1v) is 5.21. The molecule has 2 aromatic rings. The van der Waals surface area contributed by atoms with Gasteiger partial charge in [-0.2, -0.15) is 0 Å². The van der Waals surface area contributed by atoms with Crippen molar-refractivity contribution in [1.82, 2.24) is 14.6 Å². The van der Waals surface area contributed by atoms with Gasteiger partial charge in [0, 0.05) is 6.20 Å². The number of fused-ring (bicyclic) bond motifs is 1. The number of aromatic nitrogens is 3. The Morgan fingerprint density at radius 1 is 1.47 bits per heavy atom. The molecule has 0 aromatic carbocycles. The standard InChI is InChI=1S/C11H16N4/c1-8(7-12)6-10-4-3-5-15-9(2)13-14-11(10)15/h3-5,8H,6-7,12H2,1-2H3. The monoisotopic (exact) mass is 204 g/mol. The number of rotatable bonds is 3. The van der Waals surface area contributed by atoms with E-state index in [0.29, 0.717) is 12.5 Å². The first-order valence-electron chi connectivity index (χ1n) is 5.21. The fourth-order valence-corrected chi connectivity index (χ4v) is 1.70. The Labute approximate surface area is 89.1 Å². The van der Waals surface area contributed by atoms with E-state index < -0.39 is 0 Å². The molecule has 0 aliphatic heterocycles. The summed E-state index contributed by atoms with van der Waals surface area (Å²) in [4.78, 5) is 0. The largest absolute Gasteiger partial charge is 0.330 e. The zero-order valence-electron chi connectivity index (χ0n) is 9.14. The van der Waals surface area contributed by atoms with E-state index in [0.717, 1.165) is 17.9 Å². The summed E-state index contributed by atoms with van der Waals surface area (Å²) in [5.74, 6) is 1.40. The van der Waals surface area contributed by atoms with E-state index in [1.165, 1.54) is 5.56 Å². The molecule has 1 unspecified atom stereocenters. The molecular formula is C11H16N4. The van der Waals surface area contributed by atoms with Crippen LogP contribution in [0.4, 0.5) is 0 Å². The lowest BCUT2D eigenvalue weighted by Gasteiger charge is -2.08. The van der Waals surface area contributed by atoms with Gasteiger partial charge < -0.3 is 5.73 Å². The van der Waals surface area contributed by atoms with Crippen molar-refractivity contribution in [3.63, 3.8) is 0 Å². The third-order valence-electron chi connectivity index (χ3n) is 2.66. The van der Waals surface area contributed by atoms with Crippen molar-refractivity contribution in [3.05, 3.63) is 29.7 Å². The molecule has 2 aromatic heterocycles. The normalized spacial score (nSPS) is 13.3. The van der Waals surface area contributed by atoms with Crippen LogP contribution in [-0.4, -0.2) is 21.1 Å². The lowest BCUT2D eigenvalue weighted by atomic mass is 10.0. The van der Waals surface area contributed by atoms with E-state index in [9.17, 15) is 0 Å². The highest BCUT2D eigenvalue weighted by atomic mass is 15.2. The summed E-state index contributed by atoms with van der Waals surface area (Å²) in [6.45, 7) is 4.80. The maximum absolute atomic E-state index is 5.63. The first-order chi connectivity index (χ1) is 7.22. The molecule has 0 amide bonds. The van der Waals surface area contributed by atoms with Crippen molar-refractivity contribution in [3.8, 4) is 0 Å². The first kappa shape index (κ1) is 10.1. The number of pyridine rings is 1. The summed E-state index contributed by atoms with van der Waals surface area (Å²) in [5, 5.41) is 8.25. The Bertz CT molecular complexity index is 461. The highest BCUT2D eigenvalue weighted by Gasteiger charge is 2.08. The second-order valence-corrected chi connectivity index (χ2v) is 4.02. The summed E-state index contributed by atoms with van der Waals surface area (Å²) >= 11 is 0. The van der Waals surface area contributed by atoms with Crippen molar-refractivity contribution in [2.75, 3.05) is 6.54 Å². The minimum absolute atomic E-state index is 0.480. The molecule has 15 heavy (non-hydrogen) atoms. The zero-order chi connectivity index (χ0) is 10.8.